The lowest BCUT2D eigenvalue weighted by atomic mass is 10.1. The van der Waals surface area contributed by atoms with Crippen molar-refractivity contribution >= 4 is 39.1 Å². The molecule has 1 aliphatic rings. The van der Waals surface area contributed by atoms with Crippen molar-refractivity contribution in [1.82, 2.24) is 0 Å². The van der Waals surface area contributed by atoms with Crippen LogP contribution in [0.4, 0.5) is 11.4 Å². The Labute approximate surface area is 161 Å². The Kier molecular flexibility index (Phi) is 5.61. The summed E-state index contributed by atoms with van der Waals surface area (Å²) in [6.45, 7) is 4.87. The lowest BCUT2D eigenvalue weighted by Crippen LogP contribution is -2.28. The van der Waals surface area contributed by atoms with Crippen LogP contribution in [0.25, 0.3) is 0 Å². The summed E-state index contributed by atoms with van der Waals surface area (Å²) in [6, 6.07) is 13.0. The Hall–Kier alpha value is -2.34. The van der Waals surface area contributed by atoms with Gasteiger partial charge in [-0.05, 0) is 61.9 Å². The molecule has 0 saturated carbocycles. The highest BCUT2D eigenvalue weighted by atomic mass is 79.9. The number of nitrogens with one attached hydrogen (secondary N) is 1. The van der Waals surface area contributed by atoms with Gasteiger partial charge in [-0.1, -0.05) is 15.9 Å². The van der Waals surface area contributed by atoms with Crippen LogP contribution in [0.1, 0.15) is 18.9 Å². The lowest BCUT2D eigenvalue weighted by molar-refractivity contribution is -0.122. The molecule has 1 fully saturated rings. The topological polar surface area (TPSA) is 58.6 Å². The Morgan fingerprint density at radius 3 is 2.65 bits per heavy atom. The third-order valence-electron chi connectivity index (χ3n) is 4.38. The summed E-state index contributed by atoms with van der Waals surface area (Å²) < 4.78 is 6.42. The molecule has 2 aromatic rings. The molecule has 0 aromatic heterocycles. The second kappa shape index (κ2) is 7.91. The predicted octanol–water partition coefficient (Wildman–Crippen LogP) is 4.15. The molecule has 0 bridgehead atoms. The molecule has 2 aromatic carbocycles. The highest BCUT2D eigenvalue weighted by Crippen LogP contribution is 2.28. The standard InChI is InChI=1S/C20H21BrN2O3/c1-3-26-17-7-5-16(6-8-17)23-12-14(11-19(23)24)20(25)22-15-4-9-18(21)13(2)10-15/h4-10,14H,3,11-12H2,1-2H3,(H,22,25). The molecule has 0 spiro atoms. The van der Waals surface area contributed by atoms with Crippen LogP contribution in [0.5, 0.6) is 5.75 Å². The number of amides is 2. The van der Waals surface area contributed by atoms with Crippen molar-refractivity contribution in [3.63, 3.8) is 0 Å². The van der Waals surface area contributed by atoms with Gasteiger partial charge in [0, 0.05) is 28.8 Å². The number of halogens is 1. The van der Waals surface area contributed by atoms with E-state index in [0.717, 1.165) is 27.2 Å². The van der Waals surface area contributed by atoms with E-state index in [0.29, 0.717) is 13.2 Å². The van der Waals surface area contributed by atoms with Crippen LogP contribution in [-0.4, -0.2) is 25.0 Å². The van der Waals surface area contributed by atoms with Gasteiger partial charge in [0.15, 0.2) is 0 Å². The summed E-state index contributed by atoms with van der Waals surface area (Å²) in [5.41, 5.74) is 2.57. The van der Waals surface area contributed by atoms with E-state index in [1.165, 1.54) is 0 Å². The quantitative estimate of drug-likeness (QED) is 0.796. The summed E-state index contributed by atoms with van der Waals surface area (Å²) in [6.07, 6.45) is 0.217. The molecule has 1 atom stereocenters. The monoisotopic (exact) mass is 416 g/mol. The number of nitrogens with zero attached hydrogens (tertiary/aromatic N) is 1. The van der Waals surface area contributed by atoms with E-state index in [1.807, 2.05) is 56.3 Å². The number of rotatable bonds is 5. The molecule has 0 radical (unpaired) electrons. The van der Waals surface area contributed by atoms with Gasteiger partial charge in [0.05, 0.1) is 12.5 Å². The van der Waals surface area contributed by atoms with Gasteiger partial charge in [-0.25, -0.2) is 0 Å². The van der Waals surface area contributed by atoms with E-state index >= 15 is 0 Å². The van der Waals surface area contributed by atoms with Gasteiger partial charge >= 0.3 is 0 Å². The van der Waals surface area contributed by atoms with Crippen molar-refractivity contribution in [2.24, 2.45) is 5.92 Å². The fourth-order valence-corrected chi connectivity index (χ4v) is 3.24. The molecule has 136 valence electrons. The van der Waals surface area contributed by atoms with Gasteiger partial charge in [-0.2, -0.15) is 0 Å². The van der Waals surface area contributed by atoms with Crippen molar-refractivity contribution in [2.75, 3.05) is 23.4 Å². The van der Waals surface area contributed by atoms with Crippen molar-refractivity contribution in [3.8, 4) is 5.75 Å². The first-order valence-corrected chi connectivity index (χ1v) is 9.37. The number of aryl methyl sites for hydroxylation is 1. The molecule has 3 rings (SSSR count). The molecule has 26 heavy (non-hydrogen) atoms. The molecule has 1 unspecified atom stereocenters. The Morgan fingerprint density at radius 2 is 2.00 bits per heavy atom. The number of anilines is 2. The van der Waals surface area contributed by atoms with Crippen LogP contribution in [-0.2, 0) is 9.59 Å². The summed E-state index contributed by atoms with van der Waals surface area (Å²) in [7, 11) is 0. The van der Waals surface area contributed by atoms with Crippen molar-refractivity contribution in [1.29, 1.82) is 0 Å². The number of ether oxygens (including phenoxy) is 1. The lowest BCUT2D eigenvalue weighted by Gasteiger charge is -2.17. The highest BCUT2D eigenvalue weighted by molar-refractivity contribution is 9.10. The molecule has 2 amide bonds. The molecule has 5 nitrogen and oxygen atoms in total. The smallest absolute Gasteiger partial charge is 0.229 e. The normalized spacial score (nSPS) is 16.7. The van der Waals surface area contributed by atoms with Gasteiger partial charge in [0.2, 0.25) is 11.8 Å². The molecule has 1 N–H and O–H groups in total. The molecule has 6 heteroatoms. The first-order valence-electron chi connectivity index (χ1n) is 8.58. The fraction of sp³-hybridized carbons (Fsp3) is 0.300. The summed E-state index contributed by atoms with van der Waals surface area (Å²) in [5, 5.41) is 2.91. The number of carbonyl (C=O) groups is 2. The Bertz CT molecular complexity index is 820. The van der Waals surface area contributed by atoms with Crippen LogP contribution in [0.15, 0.2) is 46.9 Å². The third-order valence-corrected chi connectivity index (χ3v) is 5.27. The predicted molar refractivity (Wildman–Crippen MR) is 106 cm³/mol. The van der Waals surface area contributed by atoms with Crippen molar-refractivity contribution < 1.29 is 14.3 Å². The Morgan fingerprint density at radius 1 is 1.27 bits per heavy atom. The SMILES string of the molecule is CCOc1ccc(N2CC(C(=O)Nc3ccc(Br)c(C)c3)CC2=O)cc1. The number of hydrogen-bond acceptors (Lipinski definition) is 3. The Balaban J connectivity index is 1.66. The van der Waals surface area contributed by atoms with Gasteiger partial charge in [0.1, 0.15) is 5.75 Å². The first kappa shape index (κ1) is 18.5. The zero-order valence-electron chi connectivity index (χ0n) is 14.8. The van der Waals surface area contributed by atoms with Crippen LogP contribution in [0.3, 0.4) is 0 Å². The maximum absolute atomic E-state index is 12.6. The third kappa shape index (κ3) is 4.07. The minimum Gasteiger partial charge on any atom is -0.494 e. The highest BCUT2D eigenvalue weighted by Gasteiger charge is 2.35. The largest absolute Gasteiger partial charge is 0.494 e. The molecular formula is C20H21BrN2O3. The van der Waals surface area contributed by atoms with Crippen molar-refractivity contribution in [3.05, 3.63) is 52.5 Å². The summed E-state index contributed by atoms with van der Waals surface area (Å²) in [5.74, 6) is 0.232. The zero-order chi connectivity index (χ0) is 18.7. The average molecular weight is 417 g/mol. The van der Waals surface area contributed by atoms with Gasteiger partial charge in [-0.3, -0.25) is 9.59 Å². The van der Waals surface area contributed by atoms with Gasteiger partial charge in [-0.15, -0.1) is 0 Å². The molecule has 1 heterocycles. The first-order chi connectivity index (χ1) is 12.5. The maximum atomic E-state index is 12.6. The second-order valence-electron chi connectivity index (χ2n) is 6.29. The van der Waals surface area contributed by atoms with Crippen LogP contribution >= 0.6 is 15.9 Å². The van der Waals surface area contributed by atoms with E-state index in [9.17, 15) is 9.59 Å². The minimum absolute atomic E-state index is 0.0405. The van der Waals surface area contributed by atoms with E-state index < -0.39 is 0 Å². The second-order valence-corrected chi connectivity index (χ2v) is 7.14. The van der Waals surface area contributed by atoms with Crippen LogP contribution in [0, 0.1) is 12.8 Å². The maximum Gasteiger partial charge on any atom is 0.229 e. The zero-order valence-corrected chi connectivity index (χ0v) is 16.4. The molecule has 1 aliphatic heterocycles. The number of carbonyl (C=O) groups excluding carboxylic acids is 2. The molecule has 1 saturated heterocycles. The summed E-state index contributed by atoms with van der Waals surface area (Å²) in [4.78, 5) is 26.6. The van der Waals surface area contributed by atoms with E-state index in [2.05, 4.69) is 21.2 Å². The van der Waals surface area contributed by atoms with Gasteiger partial charge in [0.25, 0.3) is 0 Å². The number of benzene rings is 2. The van der Waals surface area contributed by atoms with Crippen molar-refractivity contribution in [2.45, 2.75) is 20.3 Å². The molecular weight excluding hydrogens is 396 g/mol. The number of hydrogen-bond donors (Lipinski definition) is 1. The van der Waals surface area contributed by atoms with Crippen LogP contribution < -0.4 is 15.0 Å². The van der Waals surface area contributed by atoms with E-state index in [1.54, 1.807) is 4.90 Å². The summed E-state index contributed by atoms with van der Waals surface area (Å²) >= 11 is 3.45. The van der Waals surface area contributed by atoms with Gasteiger partial charge < -0.3 is 15.0 Å². The minimum atomic E-state index is -0.363. The molecule has 0 aliphatic carbocycles. The van der Waals surface area contributed by atoms with E-state index in [4.69, 9.17) is 4.74 Å². The fourth-order valence-electron chi connectivity index (χ4n) is 2.99. The van der Waals surface area contributed by atoms with E-state index in [-0.39, 0.29) is 24.2 Å². The van der Waals surface area contributed by atoms with Crippen LogP contribution in [0.2, 0.25) is 0 Å². The average Bonchev–Trinajstić information content (AvgIpc) is 3.01.